The number of rotatable bonds is 5. The van der Waals surface area contributed by atoms with Crippen LogP contribution in [0.4, 0.5) is 0 Å². The van der Waals surface area contributed by atoms with Crippen molar-refractivity contribution in [1.29, 1.82) is 0 Å². The van der Waals surface area contributed by atoms with Crippen LogP contribution in [0.25, 0.3) is 0 Å². The number of nitrogens with zero attached hydrogens (tertiary/aromatic N) is 3. The molecule has 3 heterocycles. The van der Waals surface area contributed by atoms with Crippen molar-refractivity contribution in [3.8, 4) is 11.5 Å². The summed E-state index contributed by atoms with van der Waals surface area (Å²) in [6.45, 7) is 4.33. The SMILES string of the molecule is COc1ccc(CN2CCc3c(C(=O)N4CCSCC4)c(OC)cc(=O)n3CC2)cc1. The third-order valence-electron chi connectivity index (χ3n) is 5.98. The summed E-state index contributed by atoms with van der Waals surface area (Å²) < 4.78 is 12.5. The van der Waals surface area contributed by atoms with E-state index in [9.17, 15) is 9.59 Å². The van der Waals surface area contributed by atoms with Gasteiger partial charge >= 0.3 is 0 Å². The molecule has 0 unspecified atom stereocenters. The lowest BCUT2D eigenvalue weighted by atomic mass is 10.1. The molecule has 0 radical (unpaired) electrons. The number of methoxy groups -OCH3 is 2. The summed E-state index contributed by atoms with van der Waals surface area (Å²) in [6, 6.07) is 9.52. The molecule has 8 heteroatoms. The second-order valence-corrected chi connectivity index (χ2v) is 9.03. The largest absolute Gasteiger partial charge is 0.497 e. The van der Waals surface area contributed by atoms with Crippen LogP contribution in [0.1, 0.15) is 21.6 Å². The Morgan fingerprint density at radius 3 is 2.42 bits per heavy atom. The van der Waals surface area contributed by atoms with Gasteiger partial charge in [0.1, 0.15) is 17.1 Å². The molecule has 1 amide bonds. The molecule has 4 rings (SSSR count). The normalized spacial score (nSPS) is 17.0. The Bertz CT molecular complexity index is 984. The van der Waals surface area contributed by atoms with Crippen LogP contribution in [0.15, 0.2) is 35.1 Å². The van der Waals surface area contributed by atoms with Gasteiger partial charge < -0.3 is 18.9 Å². The summed E-state index contributed by atoms with van der Waals surface area (Å²) in [5.74, 6) is 3.09. The molecule has 0 N–H and O–H groups in total. The van der Waals surface area contributed by atoms with Crippen molar-refractivity contribution < 1.29 is 14.3 Å². The van der Waals surface area contributed by atoms with E-state index in [0.29, 0.717) is 24.3 Å². The second kappa shape index (κ2) is 9.78. The van der Waals surface area contributed by atoms with E-state index < -0.39 is 0 Å². The topological polar surface area (TPSA) is 64.0 Å². The van der Waals surface area contributed by atoms with Gasteiger partial charge in [-0.3, -0.25) is 14.5 Å². The highest BCUT2D eigenvalue weighted by Gasteiger charge is 2.29. The molecule has 1 aromatic heterocycles. The van der Waals surface area contributed by atoms with Crippen LogP contribution in [0, 0.1) is 0 Å². The van der Waals surface area contributed by atoms with Gasteiger partial charge in [-0.15, -0.1) is 0 Å². The van der Waals surface area contributed by atoms with Crippen LogP contribution in [0.3, 0.4) is 0 Å². The Kier molecular flexibility index (Phi) is 6.87. The Morgan fingerprint density at radius 1 is 1.00 bits per heavy atom. The van der Waals surface area contributed by atoms with E-state index in [1.54, 1.807) is 11.7 Å². The fourth-order valence-corrected chi connectivity index (χ4v) is 5.16. The number of carbonyl (C=O) groups is 1. The third kappa shape index (κ3) is 4.75. The molecular formula is C23H29N3O4S. The van der Waals surface area contributed by atoms with Gasteiger partial charge in [-0.1, -0.05) is 12.1 Å². The number of carbonyl (C=O) groups excluding carboxylic acids is 1. The number of ether oxygens (including phenoxy) is 2. The monoisotopic (exact) mass is 443 g/mol. The van der Waals surface area contributed by atoms with Gasteiger partial charge in [0.25, 0.3) is 11.5 Å². The summed E-state index contributed by atoms with van der Waals surface area (Å²) in [5, 5.41) is 0. The molecular weight excluding hydrogens is 414 g/mol. The maximum absolute atomic E-state index is 13.4. The number of aromatic nitrogens is 1. The maximum atomic E-state index is 13.4. The Morgan fingerprint density at radius 2 is 1.74 bits per heavy atom. The molecule has 0 aliphatic carbocycles. The first-order valence-electron chi connectivity index (χ1n) is 10.6. The van der Waals surface area contributed by atoms with Crippen molar-refractivity contribution in [3.63, 3.8) is 0 Å². The highest BCUT2D eigenvalue weighted by Crippen LogP contribution is 2.26. The Hall–Kier alpha value is -2.45. The number of pyridine rings is 1. The van der Waals surface area contributed by atoms with E-state index in [0.717, 1.165) is 55.7 Å². The van der Waals surface area contributed by atoms with E-state index in [2.05, 4.69) is 17.0 Å². The van der Waals surface area contributed by atoms with Crippen LogP contribution < -0.4 is 15.0 Å². The van der Waals surface area contributed by atoms with Gasteiger partial charge in [-0.05, 0) is 17.7 Å². The van der Waals surface area contributed by atoms with Crippen molar-refractivity contribution in [2.75, 3.05) is 51.9 Å². The molecule has 31 heavy (non-hydrogen) atoms. The van der Waals surface area contributed by atoms with Crippen LogP contribution in [-0.4, -0.2) is 72.2 Å². The predicted molar refractivity (Wildman–Crippen MR) is 122 cm³/mol. The van der Waals surface area contributed by atoms with Gasteiger partial charge in [0, 0.05) is 69.0 Å². The lowest BCUT2D eigenvalue weighted by Crippen LogP contribution is -2.39. The highest BCUT2D eigenvalue weighted by atomic mass is 32.2. The minimum atomic E-state index is -0.108. The molecule has 7 nitrogen and oxygen atoms in total. The van der Waals surface area contributed by atoms with Crippen LogP contribution >= 0.6 is 11.8 Å². The predicted octanol–water partition coefficient (Wildman–Crippen LogP) is 2.11. The fourth-order valence-electron chi connectivity index (χ4n) is 4.26. The van der Waals surface area contributed by atoms with Crippen LogP contribution in [0.2, 0.25) is 0 Å². The van der Waals surface area contributed by atoms with E-state index in [-0.39, 0.29) is 11.5 Å². The molecule has 0 saturated carbocycles. The first-order chi connectivity index (χ1) is 15.1. The molecule has 1 saturated heterocycles. The zero-order valence-electron chi connectivity index (χ0n) is 18.1. The van der Waals surface area contributed by atoms with Crippen molar-refractivity contribution >= 4 is 17.7 Å². The number of hydrogen-bond acceptors (Lipinski definition) is 6. The van der Waals surface area contributed by atoms with Crippen molar-refractivity contribution in [3.05, 3.63) is 57.5 Å². The van der Waals surface area contributed by atoms with Crippen molar-refractivity contribution in [1.82, 2.24) is 14.4 Å². The number of fused-ring (bicyclic) bond motifs is 1. The molecule has 166 valence electrons. The molecule has 1 fully saturated rings. The minimum Gasteiger partial charge on any atom is -0.497 e. The van der Waals surface area contributed by atoms with Crippen LogP contribution in [0.5, 0.6) is 11.5 Å². The van der Waals surface area contributed by atoms with Crippen molar-refractivity contribution in [2.45, 2.75) is 19.5 Å². The first kappa shape index (κ1) is 21.8. The second-order valence-electron chi connectivity index (χ2n) is 7.80. The van der Waals surface area contributed by atoms with Gasteiger partial charge in [-0.25, -0.2) is 0 Å². The molecule has 0 spiro atoms. The Balaban J connectivity index is 1.59. The highest BCUT2D eigenvalue weighted by molar-refractivity contribution is 7.99. The number of thioether (sulfide) groups is 1. The van der Waals surface area contributed by atoms with Gasteiger partial charge in [0.2, 0.25) is 0 Å². The lowest BCUT2D eigenvalue weighted by Gasteiger charge is -2.28. The quantitative estimate of drug-likeness (QED) is 0.705. The van der Waals surface area contributed by atoms with Gasteiger partial charge in [-0.2, -0.15) is 11.8 Å². The molecule has 2 aliphatic heterocycles. The molecule has 2 aliphatic rings. The van der Waals surface area contributed by atoms with Gasteiger partial charge in [0.05, 0.1) is 14.2 Å². The average molecular weight is 444 g/mol. The molecule has 0 atom stereocenters. The van der Waals surface area contributed by atoms with E-state index in [4.69, 9.17) is 9.47 Å². The third-order valence-corrected chi connectivity index (χ3v) is 6.93. The standard InChI is InChI=1S/C23H29N3O4S/c1-29-18-5-3-17(4-6-18)16-24-8-7-19-22(23(28)25-11-13-31-14-12-25)20(30-2)15-21(27)26(19)10-9-24/h3-6,15H,7-14,16H2,1-2H3. The summed E-state index contributed by atoms with van der Waals surface area (Å²) in [6.07, 6.45) is 0.631. The molecule has 0 bridgehead atoms. The zero-order valence-corrected chi connectivity index (χ0v) is 19.0. The number of hydrogen-bond donors (Lipinski definition) is 0. The van der Waals surface area contributed by atoms with E-state index in [1.807, 2.05) is 28.8 Å². The van der Waals surface area contributed by atoms with Crippen LogP contribution in [-0.2, 0) is 19.5 Å². The summed E-state index contributed by atoms with van der Waals surface area (Å²) in [4.78, 5) is 30.4. The smallest absolute Gasteiger partial charge is 0.259 e. The molecule has 1 aromatic carbocycles. The summed E-state index contributed by atoms with van der Waals surface area (Å²) >= 11 is 1.86. The number of benzene rings is 1. The van der Waals surface area contributed by atoms with Gasteiger partial charge in [0.15, 0.2) is 0 Å². The first-order valence-corrected chi connectivity index (χ1v) is 11.8. The average Bonchev–Trinajstić information content (AvgIpc) is 3.02. The maximum Gasteiger partial charge on any atom is 0.259 e. The van der Waals surface area contributed by atoms with Crippen molar-refractivity contribution in [2.24, 2.45) is 0 Å². The fraction of sp³-hybridized carbons (Fsp3) is 0.478. The molecule has 2 aromatic rings. The Labute approximate surface area is 186 Å². The van der Waals surface area contributed by atoms with E-state index in [1.165, 1.54) is 18.7 Å². The summed E-state index contributed by atoms with van der Waals surface area (Å²) in [5.41, 5.74) is 2.44. The minimum absolute atomic E-state index is 0.0236. The summed E-state index contributed by atoms with van der Waals surface area (Å²) in [7, 11) is 3.19. The zero-order chi connectivity index (χ0) is 21.8. The van der Waals surface area contributed by atoms with E-state index >= 15 is 0 Å². The number of amides is 1. The lowest BCUT2D eigenvalue weighted by molar-refractivity contribution is 0.0766.